The Bertz CT molecular complexity index is 943. The topological polar surface area (TPSA) is 54.0 Å². The maximum Gasteiger partial charge on any atom is 0.416 e. The Balaban J connectivity index is 1.70. The monoisotopic (exact) mass is 385 g/mol. The van der Waals surface area contributed by atoms with Crippen molar-refractivity contribution in [1.29, 1.82) is 0 Å². The van der Waals surface area contributed by atoms with Crippen molar-refractivity contribution in [2.24, 2.45) is 0 Å². The highest BCUT2D eigenvalue weighted by atomic mass is 19.4. The SMILES string of the molecule is O=C(NCCc1cccnc1)c1ccccc1Nc1cccc(C(F)(F)F)c1. The number of benzene rings is 2. The zero-order chi connectivity index (χ0) is 20.0. The molecule has 144 valence electrons. The van der Waals surface area contributed by atoms with Gasteiger partial charge in [-0.3, -0.25) is 9.78 Å². The number of hydrogen-bond acceptors (Lipinski definition) is 3. The van der Waals surface area contributed by atoms with Gasteiger partial charge in [-0.05, 0) is 48.4 Å². The lowest BCUT2D eigenvalue weighted by Gasteiger charge is -2.14. The smallest absolute Gasteiger partial charge is 0.355 e. The Labute approximate surface area is 160 Å². The predicted octanol–water partition coefficient (Wildman–Crippen LogP) is 4.82. The molecular formula is C21H18F3N3O. The summed E-state index contributed by atoms with van der Waals surface area (Å²) in [6.07, 6.45) is -0.392. The number of para-hydroxylation sites is 1. The van der Waals surface area contributed by atoms with Gasteiger partial charge in [-0.15, -0.1) is 0 Å². The first kappa shape index (κ1) is 19.4. The summed E-state index contributed by atoms with van der Waals surface area (Å²) < 4.78 is 38.7. The first-order chi connectivity index (χ1) is 13.4. The molecule has 1 heterocycles. The average molecular weight is 385 g/mol. The number of pyridine rings is 1. The minimum absolute atomic E-state index is 0.255. The van der Waals surface area contributed by atoms with E-state index in [0.29, 0.717) is 24.2 Å². The number of alkyl halides is 3. The highest BCUT2D eigenvalue weighted by Crippen LogP contribution is 2.31. The number of nitrogens with zero attached hydrogens (tertiary/aromatic N) is 1. The molecule has 0 aliphatic rings. The van der Waals surface area contributed by atoms with Crippen LogP contribution in [0.1, 0.15) is 21.5 Å². The summed E-state index contributed by atoms with van der Waals surface area (Å²) in [4.78, 5) is 16.5. The van der Waals surface area contributed by atoms with Gasteiger partial charge in [0.05, 0.1) is 16.8 Å². The molecule has 7 heteroatoms. The van der Waals surface area contributed by atoms with Gasteiger partial charge in [0, 0.05) is 24.6 Å². The lowest BCUT2D eigenvalue weighted by atomic mass is 10.1. The summed E-state index contributed by atoms with van der Waals surface area (Å²) in [6.45, 7) is 0.419. The maximum absolute atomic E-state index is 12.9. The normalized spacial score (nSPS) is 11.1. The van der Waals surface area contributed by atoms with E-state index in [4.69, 9.17) is 0 Å². The molecule has 28 heavy (non-hydrogen) atoms. The van der Waals surface area contributed by atoms with Gasteiger partial charge in [0.15, 0.2) is 0 Å². The number of carbonyl (C=O) groups excluding carboxylic acids is 1. The van der Waals surface area contributed by atoms with Crippen molar-refractivity contribution >= 4 is 17.3 Å². The number of amides is 1. The average Bonchev–Trinajstić information content (AvgIpc) is 2.69. The van der Waals surface area contributed by atoms with E-state index < -0.39 is 11.7 Å². The summed E-state index contributed by atoms with van der Waals surface area (Å²) in [6, 6.07) is 15.3. The molecule has 0 radical (unpaired) electrons. The van der Waals surface area contributed by atoms with Gasteiger partial charge in [-0.2, -0.15) is 13.2 Å². The largest absolute Gasteiger partial charge is 0.416 e. The highest BCUT2D eigenvalue weighted by molar-refractivity contribution is 6.00. The zero-order valence-electron chi connectivity index (χ0n) is 14.8. The molecule has 2 aromatic carbocycles. The standard InChI is InChI=1S/C21H18F3N3O/c22-21(23,24)16-6-3-7-17(13-16)27-19-9-2-1-8-18(19)20(28)26-12-10-15-5-4-11-25-14-15/h1-9,11,13-14,27H,10,12H2,(H,26,28). The summed E-state index contributed by atoms with van der Waals surface area (Å²) in [5.74, 6) is -0.307. The summed E-state index contributed by atoms with van der Waals surface area (Å²) in [7, 11) is 0. The Morgan fingerprint density at radius 1 is 1.00 bits per heavy atom. The predicted molar refractivity (Wildman–Crippen MR) is 101 cm³/mol. The van der Waals surface area contributed by atoms with Crippen LogP contribution < -0.4 is 10.6 Å². The van der Waals surface area contributed by atoms with E-state index in [9.17, 15) is 18.0 Å². The van der Waals surface area contributed by atoms with Gasteiger partial charge >= 0.3 is 6.18 Å². The molecule has 3 rings (SSSR count). The maximum atomic E-state index is 12.9. The molecule has 1 aromatic heterocycles. The quantitative estimate of drug-likeness (QED) is 0.640. The molecular weight excluding hydrogens is 367 g/mol. The molecule has 0 atom stereocenters. The lowest BCUT2D eigenvalue weighted by Crippen LogP contribution is -2.26. The van der Waals surface area contributed by atoms with Gasteiger partial charge in [0.2, 0.25) is 0 Å². The van der Waals surface area contributed by atoms with E-state index in [-0.39, 0.29) is 11.6 Å². The third-order valence-corrected chi connectivity index (χ3v) is 4.06. The van der Waals surface area contributed by atoms with Gasteiger partial charge < -0.3 is 10.6 Å². The number of aromatic nitrogens is 1. The van der Waals surface area contributed by atoms with Crippen LogP contribution in [0, 0.1) is 0 Å². The molecule has 0 fully saturated rings. The van der Waals surface area contributed by atoms with Crippen molar-refractivity contribution in [1.82, 2.24) is 10.3 Å². The van der Waals surface area contributed by atoms with Crippen molar-refractivity contribution in [3.8, 4) is 0 Å². The number of rotatable bonds is 6. The van der Waals surface area contributed by atoms with Gasteiger partial charge in [-0.1, -0.05) is 24.3 Å². The van der Waals surface area contributed by atoms with Crippen molar-refractivity contribution < 1.29 is 18.0 Å². The van der Waals surface area contributed by atoms with Crippen molar-refractivity contribution in [2.75, 3.05) is 11.9 Å². The Morgan fingerprint density at radius 2 is 1.82 bits per heavy atom. The summed E-state index contributed by atoms with van der Waals surface area (Å²) in [5.41, 5.74) is 1.28. The van der Waals surface area contributed by atoms with E-state index in [1.807, 2.05) is 12.1 Å². The lowest BCUT2D eigenvalue weighted by molar-refractivity contribution is -0.137. The molecule has 2 N–H and O–H groups in total. The molecule has 0 saturated carbocycles. The molecule has 0 bridgehead atoms. The van der Waals surface area contributed by atoms with Crippen LogP contribution in [-0.2, 0) is 12.6 Å². The zero-order valence-corrected chi connectivity index (χ0v) is 14.8. The number of carbonyl (C=O) groups is 1. The molecule has 0 saturated heterocycles. The number of nitrogens with one attached hydrogen (secondary N) is 2. The third kappa shape index (κ3) is 5.09. The molecule has 1 amide bonds. The van der Waals surface area contributed by atoms with Crippen LogP contribution in [0.5, 0.6) is 0 Å². The second-order valence-corrected chi connectivity index (χ2v) is 6.12. The molecule has 0 unspecified atom stereocenters. The van der Waals surface area contributed by atoms with E-state index in [1.54, 1.807) is 36.7 Å². The van der Waals surface area contributed by atoms with Crippen molar-refractivity contribution in [2.45, 2.75) is 12.6 Å². The number of hydrogen-bond donors (Lipinski definition) is 2. The van der Waals surface area contributed by atoms with Gasteiger partial charge in [0.1, 0.15) is 0 Å². The van der Waals surface area contributed by atoms with E-state index in [0.717, 1.165) is 17.7 Å². The first-order valence-electron chi connectivity index (χ1n) is 8.64. The number of halogens is 3. The molecule has 4 nitrogen and oxygen atoms in total. The van der Waals surface area contributed by atoms with Crippen LogP contribution in [0.25, 0.3) is 0 Å². The highest BCUT2D eigenvalue weighted by Gasteiger charge is 2.30. The van der Waals surface area contributed by atoms with Gasteiger partial charge in [-0.25, -0.2) is 0 Å². The fourth-order valence-electron chi connectivity index (χ4n) is 2.68. The molecule has 0 spiro atoms. The second kappa shape index (κ2) is 8.56. The van der Waals surface area contributed by atoms with Crippen LogP contribution in [0.15, 0.2) is 73.1 Å². The fourth-order valence-corrected chi connectivity index (χ4v) is 2.68. The van der Waals surface area contributed by atoms with Gasteiger partial charge in [0.25, 0.3) is 5.91 Å². The molecule has 3 aromatic rings. The van der Waals surface area contributed by atoms with Crippen LogP contribution >= 0.6 is 0 Å². The minimum atomic E-state index is -4.43. The van der Waals surface area contributed by atoms with Crippen molar-refractivity contribution in [3.05, 3.63) is 89.7 Å². The number of anilines is 2. The fraction of sp³-hybridized carbons (Fsp3) is 0.143. The Hall–Kier alpha value is -3.35. The Morgan fingerprint density at radius 3 is 2.57 bits per heavy atom. The first-order valence-corrected chi connectivity index (χ1v) is 8.64. The molecule has 0 aliphatic carbocycles. The summed E-state index contributed by atoms with van der Waals surface area (Å²) >= 11 is 0. The Kier molecular flexibility index (Phi) is 5.93. The second-order valence-electron chi connectivity index (χ2n) is 6.12. The van der Waals surface area contributed by atoms with E-state index in [2.05, 4.69) is 15.6 Å². The van der Waals surface area contributed by atoms with Crippen molar-refractivity contribution in [3.63, 3.8) is 0 Å². The van der Waals surface area contributed by atoms with Crippen LogP contribution in [0.4, 0.5) is 24.5 Å². The van der Waals surface area contributed by atoms with Crippen LogP contribution in [0.2, 0.25) is 0 Å². The van der Waals surface area contributed by atoms with Crippen LogP contribution in [-0.4, -0.2) is 17.4 Å². The minimum Gasteiger partial charge on any atom is -0.355 e. The van der Waals surface area contributed by atoms with Crippen LogP contribution in [0.3, 0.4) is 0 Å². The molecule has 0 aliphatic heterocycles. The third-order valence-electron chi connectivity index (χ3n) is 4.06. The summed E-state index contributed by atoms with van der Waals surface area (Å²) in [5, 5.41) is 5.73. The van der Waals surface area contributed by atoms with E-state index >= 15 is 0 Å². The van der Waals surface area contributed by atoms with E-state index in [1.165, 1.54) is 12.1 Å².